The van der Waals surface area contributed by atoms with Crippen molar-refractivity contribution in [3.8, 4) is 5.75 Å². The van der Waals surface area contributed by atoms with Gasteiger partial charge in [0.25, 0.3) is 0 Å². The predicted molar refractivity (Wildman–Crippen MR) is 75.7 cm³/mol. The second kappa shape index (κ2) is 7.95. The van der Waals surface area contributed by atoms with Crippen LogP contribution in [0.15, 0.2) is 24.3 Å². The molecule has 4 heteroatoms. The minimum atomic E-state index is -0.0254. The summed E-state index contributed by atoms with van der Waals surface area (Å²) in [5, 5.41) is 9.26. The van der Waals surface area contributed by atoms with Crippen molar-refractivity contribution >= 4 is 23.0 Å². The SMILES string of the molecule is COc1cc(C=CCCSC(C)=O)ccc1CO. The fourth-order valence-corrected chi connectivity index (χ4v) is 2.03. The van der Waals surface area contributed by atoms with Crippen molar-refractivity contribution in [2.45, 2.75) is 20.0 Å². The summed E-state index contributed by atoms with van der Waals surface area (Å²) in [4.78, 5) is 10.7. The molecule has 0 spiro atoms. The Morgan fingerprint density at radius 1 is 1.50 bits per heavy atom. The molecule has 98 valence electrons. The van der Waals surface area contributed by atoms with E-state index in [1.807, 2.05) is 30.4 Å². The van der Waals surface area contributed by atoms with Gasteiger partial charge in [0.2, 0.25) is 0 Å². The molecule has 1 aromatic carbocycles. The van der Waals surface area contributed by atoms with Gasteiger partial charge in [-0.15, -0.1) is 0 Å². The molecule has 0 amide bonds. The number of methoxy groups -OCH3 is 1. The zero-order chi connectivity index (χ0) is 13.4. The summed E-state index contributed by atoms with van der Waals surface area (Å²) in [6.45, 7) is 1.55. The van der Waals surface area contributed by atoms with Crippen molar-refractivity contribution < 1.29 is 14.6 Å². The van der Waals surface area contributed by atoms with Crippen LogP contribution in [0.2, 0.25) is 0 Å². The van der Waals surface area contributed by atoms with E-state index in [1.54, 1.807) is 14.0 Å². The van der Waals surface area contributed by atoms with Crippen molar-refractivity contribution in [1.82, 2.24) is 0 Å². The first-order valence-electron chi connectivity index (χ1n) is 5.75. The first-order valence-corrected chi connectivity index (χ1v) is 6.73. The molecule has 0 unspecified atom stereocenters. The zero-order valence-corrected chi connectivity index (χ0v) is 11.5. The minimum absolute atomic E-state index is 0.0254. The molecule has 0 heterocycles. The molecule has 0 aliphatic rings. The Morgan fingerprint density at radius 3 is 2.89 bits per heavy atom. The summed E-state index contributed by atoms with van der Waals surface area (Å²) in [7, 11) is 1.59. The number of ether oxygens (including phenoxy) is 1. The van der Waals surface area contributed by atoms with Gasteiger partial charge in [-0.3, -0.25) is 4.79 Å². The van der Waals surface area contributed by atoms with E-state index in [1.165, 1.54) is 11.8 Å². The van der Waals surface area contributed by atoms with E-state index < -0.39 is 0 Å². The standard InChI is InChI=1S/C14H18O3S/c1-11(16)18-8-4-3-5-12-6-7-13(10-15)14(9-12)17-2/h3,5-7,9,15H,4,8,10H2,1-2H3. The predicted octanol–water partition coefficient (Wildman–Crippen LogP) is 2.87. The fraction of sp³-hybridized carbons (Fsp3) is 0.357. The van der Waals surface area contributed by atoms with E-state index in [0.29, 0.717) is 5.75 Å². The third-order valence-corrected chi connectivity index (χ3v) is 3.23. The Hall–Kier alpha value is -1.26. The maximum atomic E-state index is 10.7. The summed E-state index contributed by atoms with van der Waals surface area (Å²) in [6.07, 6.45) is 4.88. The monoisotopic (exact) mass is 266 g/mol. The summed E-state index contributed by atoms with van der Waals surface area (Å²) in [5.74, 6) is 1.50. The van der Waals surface area contributed by atoms with Crippen LogP contribution in [0.4, 0.5) is 0 Å². The number of thioether (sulfide) groups is 1. The Morgan fingerprint density at radius 2 is 2.28 bits per heavy atom. The van der Waals surface area contributed by atoms with Crippen molar-refractivity contribution in [2.24, 2.45) is 0 Å². The number of benzene rings is 1. The van der Waals surface area contributed by atoms with Crippen molar-refractivity contribution in [2.75, 3.05) is 12.9 Å². The molecule has 1 rings (SSSR count). The van der Waals surface area contributed by atoms with Crippen molar-refractivity contribution in [3.63, 3.8) is 0 Å². The summed E-state index contributed by atoms with van der Waals surface area (Å²) in [6, 6.07) is 5.67. The second-order valence-electron chi connectivity index (χ2n) is 3.76. The van der Waals surface area contributed by atoms with Gasteiger partial charge in [0, 0.05) is 18.2 Å². The smallest absolute Gasteiger partial charge is 0.185 e. The van der Waals surface area contributed by atoms with Crippen LogP contribution >= 0.6 is 11.8 Å². The third-order valence-electron chi connectivity index (χ3n) is 2.38. The summed E-state index contributed by atoms with van der Waals surface area (Å²) in [5.41, 5.74) is 1.80. The van der Waals surface area contributed by atoms with E-state index in [9.17, 15) is 4.79 Å². The first kappa shape index (κ1) is 14.8. The first-order chi connectivity index (χ1) is 8.67. The lowest BCUT2D eigenvalue weighted by atomic mass is 10.1. The lowest BCUT2D eigenvalue weighted by Crippen LogP contribution is -1.92. The Balaban J connectivity index is 2.56. The molecule has 0 bridgehead atoms. The van der Waals surface area contributed by atoms with Gasteiger partial charge in [-0.2, -0.15) is 0 Å². The molecule has 0 saturated heterocycles. The maximum Gasteiger partial charge on any atom is 0.185 e. The second-order valence-corrected chi connectivity index (χ2v) is 5.03. The molecule has 0 atom stereocenters. The highest BCUT2D eigenvalue weighted by Crippen LogP contribution is 2.21. The molecule has 0 aliphatic carbocycles. The quantitative estimate of drug-likeness (QED) is 0.804. The molecule has 0 aliphatic heterocycles. The van der Waals surface area contributed by atoms with Gasteiger partial charge in [-0.1, -0.05) is 36.0 Å². The van der Waals surface area contributed by atoms with Crippen LogP contribution in [0.5, 0.6) is 5.75 Å². The molecule has 0 aromatic heterocycles. The van der Waals surface area contributed by atoms with Crippen LogP contribution in [0.3, 0.4) is 0 Å². The van der Waals surface area contributed by atoms with E-state index >= 15 is 0 Å². The van der Waals surface area contributed by atoms with E-state index in [4.69, 9.17) is 9.84 Å². The number of aliphatic hydroxyl groups is 1. The van der Waals surface area contributed by atoms with E-state index in [-0.39, 0.29) is 11.7 Å². The molecule has 0 fully saturated rings. The zero-order valence-electron chi connectivity index (χ0n) is 10.7. The van der Waals surface area contributed by atoms with Crippen LogP contribution in [0.1, 0.15) is 24.5 Å². The lowest BCUT2D eigenvalue weighted by molar-refractivity contribution is -0.109. The van der Waals surface area contributed by atoms with E-state index in [0.717, 1.165) is 23.3 Å². The average molecular weight is 266 g/mol. The molecule has 0 radical (unpaired) electrons. The van der Waals surface area contributed by atoms with Crippen LogP contribution in [0.25, 0.3) is 6.08 Å². The van der Waals surface area contributed by atoms with Crippen molar-refractivity contribution in [1.29, 1.82) is 0 Å². The summed E-state index contributed by atoms with van der Waals surface area (Å²) >= 11 is 1.33. The third kappa shape index (κ3) is 4.94. The normalized spacial score (nSPS) is 10.8. The molecule has 0 saturated carbocycles. The van der Waals surface area contributed by atoms with Crippen LogP contribution in [-0.4, -0.2) is 23.1 Å². The highest BCUT2D eigenvalue weighted by Gasteiger charge is 2.01. The number of hydrogen-bond acceptors (Lipinski definition) is 4. The highest BCUT2D eigenvalue weighted by atomic mass is 32.2. The minimum Gasteiger partial charge on any atom is -0.496 e. The molecular weight excluding hydrogens is 248 g/mol. The van der Waals surface area contributed by atoms with Gasteiger partial charge < -0.3 is 9.84 Å². The van der Waals surface area contributed by atoms with Crippen LogP contribution < -0.4 is 4.74 Å². The van der Waals surface area contributed by atoms with Gasteiger partial charge in [0.15, 0.2) is 5.12 Å². The Labute approximate surface area is 112 Å². The van der Waals surface area contributed by atoms with Crippen LogP contribution in [-0.2, 0) is 11.4 Å². The van der Waals surface area contributed by atoms with Gasteiger partial charge in [-0.25, -0.2) is 0 Å². The van der Waals surface area contributed by atoms with Gasteiger partial charge in [-0.05, 0) is 18.1 Å². The molecular formula is C14H18O3S. The number of carbonyl (C=O) groups is 1. The number of carbonyl (C=O) groups excluding carboxylic acids is 1. The number of aliphatic hydroxyl groups excluding tert-OH is 1. The van der Waals surface area contributed by atoms with Crippen LogP contribution in [0, 0.1) is 0 Å². The molecule has 3 nitrogen and oxygen atoms in total. The number of rotatable bonds is 6. The maximum absolute atomic E-state index is 10.7. The fourth-order valence-electron chi connectivity index (χ4n) is 1.49. The Bertz CT molecular complexity index is 427. The number of hydrogen-bond donors (Lipinski definition) is 1. The van der Waals surface area contributed by atoms with Gasteiger partial charge in [0.05, 0.1) is 13.7 Å². The molecule has 1 N–H and O–H groups in total. The largest absolute Gasteiger partial charge is 0.496 e. The average Bonchev–Trinajstić information content (AvgIpc) is 2.37. The number of allylic oxidation sites excluding steroid dienone is 1. The highest BCUT2D eigenvalue weighted by molar-refractivity contribution is 8.13. The molecule has 1 aromatic rings. The van der Waals surface area contributed by atoms with Gasteiger partial charge in [0.1, 0.15) is 5.75 Å². The van der Waals surface area contributed by atoms with E-state index in [2.05, 4.69) is 0 Å². The lowest BCUT2D eigenvalue weighted by Gasteiger charge is -2.06. The topological polar surface area (TPSA) is 46.5 Å². The summed E-state index contributed by atoms with van der Waals surface area (Å²) < 4.78 is 5.19. The molecule has 18 heavy (non-hydrogen) atoms. The van der Waals surface area contributed by atoms with Crippen molar-refractivity contribution in [3.05, 3.63) is 35.4 Å². The van der Waals surface area contributed by atoms with Gasteiger partial charge >= 0.3 is 0 Å². The Kier molecular flexibility index (Phi) is 6.54.